The van der Waals surface area contributed by atoms with Crippen LogP contribution in [-0.2, 0) is 20.5 Å². The van der Waals surface area contributed by atoms with E-state index in [9.17, 15) is 13.2 Å². The maximum atomic E-state index is 12.9. The number of nitrogens with zero attached hydrogens (tertiary/aromatic N) is 1. The maximum absolute atomic E-state index is 12.9. The van der Waals surface area contributed by atoms with E-state index in [1.54, 1.807) is 30.3 Å². The molecular weight excluding hydrogens is 326 g/mol. The van der Waals surface area contributed by atoms with Crippen molar-refractivity contribution in [3.8, 4) is 0 Å². The van der Waals surface area contributed by atoms with Gasteiger partial charge in [-0.1, -0.05) is 48.0 Å². The number of rotatable bonds is 4. The zero-order valence-corrected chi connectivity index (χ0v) is 14.2. The molecule has 0 spiro atoms. The van der Waals surface area contributed by atoms with Gasteiger partial charge in [0.05, 0.1) is 23.9 Å². The van der Waals surface area contributed by atoms with E-state index in [0.29, 0.717) is 16.5 Å². The van der Waals surface area contributed by atoms with Crippen LogP contribution in [0.15, 0.2) is 54.7 Å². The average molecular weight is 343 g/mol. The molecule has 0 aliphatic rings. The molecule has 0 radical (unpaired) electrons. The lowest BCUT2D eigenvalue weighted by Gasteiger charge is -2.08. The Labute approximate surface area is 140 Å². The molecule has 0 unspecified atom stereocenters. The number of aromatic nitrogens is 1. The number of carbonyl (C=O) groups is 1. The minimum atomic E-state index is -3.67. The lowest BCUT2D eigenvalue weighted by molar-refractivity contribution is 0.0603. The number of benzene rings is 2. The second-order valence-electron chi connectivity index (χ2n) is 5.59. The van der Waals surface area contributed by atoms with Crippen LogP contribution in [0.3, 0.4) is 0 Å². The quantitative estimate of drug-likeness (QED) is 0.683. The number of aryl methyl sites for hydroxylation is 1. The van der Waals surface area contributed by atoms with Crippen LogP contribution in [0.5, 0.6) is 0 Å². The highest BCUT2D eigenvalue weighted by Gasteiger charge is 2.22. The van der Waals surface area contributed by atoms with Crippen molar-refractivity contribution in [3.63, 3.8) is 0 Å². The second-order valence-corrected chi connectivity index (χ2v) is 7.44. The Morgan fingerprint density at radius 1 is 1.12 bits per heavy atom. The van der Waals surface area contributed by atoms with Crippen LogP contribution in [0, 0.1) is 6.92 Å². The van der Waals surface area contributed by atoms with Crippen molar-refractivity contribution >= 4 is 26.9 Å². The topological polar surface area (TPSA) is 65.4 Å². The minimum absolute atomic E-state index is 0.145. The van der Waals surface area contributed by atoms with Crippen LogP contribution >= 0.6 is 0 Å². The summed E-state index contributed by atoms with van der Waals surface area (Å²) in [7, 11) is -2.40. The molecule has 0 N–H and O–H groups in total. The van der Waals surface area contributed by atoms with Gasteiger partial charge in [-0.15, -0.1) is 0 Å². The van der Waals surface area contributed by atoms with Gasteiger partial charge >= 0.3 is 5.97 Å². The molecule has 3 rings (SSSR count). The van der Waals surface area contributed by atoms with Gasteiger partial charge < -0.3 is 4.74 Å². The zero-order valence-electron chi connectivity index (χ0n) is 13.4. The summed E-state index contributed by atoms with van der Waals surface area (Å²) in [5, 5.41) is 0.553. The first kappa shape index (κ1) is 16.3. The fourth-order valence-electron chi connectivity index (χ4n) is 2.73. The first-order valence-electron chi connectivity index (χ1n) is 7.39. The molecule has 0 saturated carbocycles. The Morgan fingerprint density at radius 3 is 2.58 bits per heavy atom. The van der Waals surface area contributed by atoms with E-state index in [4.69, 9.17) is 4.74 Å². The maximum Gasteiger partial charge on any atom is 0.340 e. The number of esters is 1. The monoisotopic (exact) mass is 343 g/mol. The molecule has 1 aromatic heterocycles. The number of carbonyl (C=O) groups excluding carboxylic acids is 1. The summed E-state index contributed by atoms with van der Waals surface area (Å²) in [6.07, 6.45) is 1.33. The SMILES string of the molecule is COC(=O)c1cn(S(=O)(=O)Cc2cccc(C)c2)c2ccccc12. The summed E-state index contributed by atoms with van der Waals surface area (Å²) in [5.74, 6) is -0.704. The second kappa shape index (κ2) is 6.13. The van der Waals surface area contributed by atoms with Crippen LogP contribution < -0.4 is 0 Å². The highest BCUT2D eigenvalue weighted by Crippen LogP contribution is 2.25. The van der Waals surface area contributed by atoms with Gasteiger partial charge in [-0.3, -0.25) is 0 Å². The molecule has 0 atom stereocenters. The first-order chi connectivity index (χ1) is 11.4. The predicted octanol–water partition coefficient (Wildman–Crippen LogP) is 3.11. The first-order valence-corrected chi connectivity index (χ1v) is 9.00. The summed E-state index contributed by atoms with van der Waals surface area (Å²) in [5.41, 5.74) is 2.40. The number of fused-ring (bicyclic) bond motifs is 1. The predicted molar refractivity (Wildman–Crippen MR) is 92.5 cm³/mol. The van der Waals surface area contributed by atoms with Crippen molar-refractivity contribution in [1.29, 1.82) is 0 Å². The standard InChI is InChI=1S/C18H17NO4S/c1-13-6-5-7-14(10-13)12-24(21,22)19-11-16(18(20)23-2)15-8-3-4-9-17(15)19/h3-11H,12H2,1-2H3. The molecule has 0 saturated heterocycles. The van der Waals surface area contributed by atoms with Crippen LogP contribution in [-0.4, -0.2) is 25.5 Å². The number of para-hydroxylation sites is 1. The van der Waals surface area contributed by atoms with Gasteiger partial charge in [0.2, 0.25) is 10.0 Å². The zero-order chi connectivity index (χ0) is 17.3. The molecule has 5 nitrogen and oxygen atoms in total. The van der Waals surface area contributed by atoms with Crippen molar-refractivity contribution in [2.45, 2.75) is 12.7 Å². The van der Waals surface area contributed by atoms with Crippen LogP contribution in [0.25, 0.3) is 10.9 Å². The highest BCUT2D eigenvalue weighted by atomic mass is 32.2. The van der Waals surface area contributed by atoms with Crippen LogP contribution in [0.1, 0.15) is 21.5 Å². The van der Waals surface area contributed by atoms with Crippen molar-refractivity contribution in [3.05, 3.63) is 71.4 Å². The summed E-state index contributed by atoms with van der Waals surface area (Å²) in [6, 6.07) is 14.2. The smallest absolute Gasteiger partial charge is 0.340 e. The molecule has 0 aliphatic heterocycles. The molecular formula is C18H17NO4S. The normalized spacial score (nSPS) is 11.6. The average Bonchev–Trinajstić information content (AvgIpc) is 2.94. The van der Waals surface area contributed by atoms with E-state index in [1.807, 2.05) is 25.1 Å². The molecule has 0 bridgehead atoms. The van der Waals surface area contributed by atoms with Gasteiger partial charge in [-0.05, 0) is 18.6 Å². The lowest BCUT2D eigenvalue weighted by atomic mass is 10.2. The Hall–Kier alpha value is -2.60. The largest absolute Gasteiger partial charge is 0.465 e. The fourth-order valence-corrected chi connectivity index (χ4v) is 4.20. The molecule has 0 aliphatic carbocycles. The lowest BCUT2D eigenvalue weighted by Crippen LogP contribution is -2.14. The van der Waals surface area contributed by atoms with Crippen LogP contribution in [0.4, 0.5) is 0 Å². The van der Waals surface area contributed by atoms with Gasteiger partial charge in [0, 0.05) is 11.6 Å². The van der Waals surface area contributed by atoms with E-state index in [0.717, 1.165) is 9.54 Å². The number of hydrogen-bond acceptors (Lipinski definition) is 4. The van der Waals surface area contributed by atoms with E-state index < -0.39 is 16.0 Å². The van der Waals surface area contributed by atoms with Gasteiger partial charge in [-0.2, -0.15) is 0 Å². The Bertz CT molecular complexity index is 1020. The van der Waals surface area contributed by atoms with E-state index in [-0.39, 0.29) is 11.3 Å². The molecule has 3 aromatic rings. The third-order valence-electron chi connectivity index (χ3n) is 3.81. The van der Waals surface area contributed by atoms with Crippen molar-refractivity contribution in [2.24, 2.45) is 0 Å². The molecule has 124 valence electrons. The van der Waals surface area contributed by atoms with Crippen molar-refractivity contribution < 1.29 is 17.9 Å². The Kier molecular flexibility index (Phi) is 4.15. The molecule has 0 amide bonds. The number of hydrogen-bond donors (Lipinski definition) is 0. The third kappa shape index (κ3) is 2.92. The van der Waals surface area contributed by atoms with Gasteiger partial charge in [-0.25, -0.2) is 17.2 Å². The van der Waals surface area contributed by atoms with Gasteiger partial charge in [0.25, 0.3) is 0 Å². The highest BCUT2D eigenvalue weighted by molar-refractivity contribution is 7.89. The van der Waals surface area contributed by atoms with E-state index in [1.165, 1.54) is 13.3 Å². The van der Waals surface area contributed by atoms with Crippen molar-refractivity contribution in [2.75, 3.05) is 7.11 Å². The van der Waals surface area contributed by atoms with Gasteiger partial charge in [0.1, 0.15) is 0 Å². The van der Waals surface area contributed by atoms with Gasteiger partial charge in [0.15, 0.2) is 0 Å². The Morgan fingerprint density at radius 2 is 1.88 bits per heavy atom. The minimum Gasteiger partial charge on any atom is -0.465 e. The van der Waals surface area contributed by atoms with E-state index in [2.05, 4.69) is 0 Å². The fraction of sp³-hybridized carbons (Fsp3) is 0.167. The van der Waals surface area contributed by atoms with Crippen molar-refractivity contribution in [1.82, 2.24) is 3.97 Å². The molecule has 6 heteroatoms. The van der Waals surface area contributed by atoms with Crippen LogP contribution in [0.2, 0.25) is 0 Å². The summed E-state index contributed by atoms with van der Waals surface area (Å²) in [4.78, 5) is 11.9. The molecule has 0 fully saturated rings. The van der Waals surface area contributed by atoms with E-state index >= 15 is 0 Å². The summed E-state index contributed by atoms with van der Waals surface area (Å²) in [6.45, 7) is 1.91. The summed E-state index contributed by atoms with van der Waals surface area (Å²) >= 11 is 0. The summed E-state index contributed by atoms with van der Waals surface area (Å²) < 4.78 is 31.6. The third-order valence-corrected chi connectivity index (χ3v) is 5.41. The number of methoxy groups -OCH3 is 1. The molecule has 2 aromatic carbocycles. The molecule has 24 heavy (non-hydrogen) atoms. The number of ether oxygens (including phenoxy) is 1. The molecule has 1 heterocycles. The Balaban J connectivity index is 2.13.